The molecule has 5 heteroatoms. The van der Waals surface area contributed by atoms with E-state index in [0.29, 0.717) is 12.5 Å². The van der Waals surface area contributed by atoms with Gasteiger partial charge in [-0.15, -0.1) is 0 Å². The van der Waals surface area contributed by atoms with Crippen molar-refractivity contribution in [2.24, 2.45) is 0 Å². The number of aliphatic hydroxyl groups excluding tert-OH is 1. The molecule has 3 aromatic rings. The van der Waals surface area contributed by atoms with E-state index in [2.05, 4.69) is 15.3 Å². The third-order valence-electron chi connectivity index (χ3n) is 3.33. The number of nitrogens with one attached hydrogen (secondary N) is 2. The Kier molecular flexibility index (Phi) is 3.75. The quantitative estimate of drug-likeness (QED) is 0.673. The number of H-pyrrole nitrogens is 1. The van der Waals surface area contributed by atoms with Crippen molar-refractivity contribution in [2.45, 2.75) is 6.10 Å². The van der Waals surface area contributed by atoms with Crippen molar-refractivity contribution >= 4 is 17.0 Å². The molecule has 0 saturated heterocycles. The van der Waals surface area contributed by atoms with Crippen molar-refractivity contribution in [1.29, 1.82) is 0 Å². The smallest absolute Gasteiger partial charge is 0.201 e. The number of benzene rings is 2. The van der Waals surface area contributed by atoms with Crippen LogP contribution in [0.3, 0.4) is 0 Å². The maximum atomic E-state index is 10.2. The molecule has 3 rings (SSSR count). The van der Waals surface area contributed by atoms with Crippen LogP contribution in [0.1, 0.15) is 11.7 Å². The Labute approximate surface area is 122 Å². The highest BCUT2D eigenvalue weighted by molar-refractivity contribution is 5.77. The molecule has 0 aliphatic heterocycles. The Hall–Kier alpha value is -2.53. The van der Waals surface area contributed by atoms with Gasteiger partial charge < -0.3 is 20.1 Å². The molecule has 108 valence electrons. The molecule has 21 heavy (non-hydrogen) atoms. The summed E-state index contributed by atoms with van der Waals surface area (Å²) in [6.45, 7) is 0.368. The minimum absolute atomic E-state index is 0.368. The lowest BCUT2D eigenvalue weighted by atomic mass is 10.1. The van der Waals surface area contributed by atoms with Gasteiger partial charge in [-0.1, -0.05) is 24.3 Å². The summed E-state index contributed by atoms with van der Waals surface area (Å²) in [5, 5.41) is 13.3. The van der Waals surface area contributed by atoms with E-state index < -0.39 is 6.10 Å². The predicted octanol–water partition coefficient (Wildman–Crippen LogP) is 2.72. The molecular weight excluding hydrogens is 266 g/mol. The lowest BCUT2D eigenvalue weighted by Crippen LogP contribution is -2.13. The highest BCUT2D eigenvalue weighted by Crippen LogP contribution is 2.20. The van der Waals surface area contributed by atoms with E-state index in [1.54, 1.807) is 7.11 Å². The van der Waals surface area contributed by atoms with Crippen molar-refractivity contribution in [3.8, 4) is 5.75 Å². The Morgan fingerprint density at radius 2 is 2.10 bits per heavy atom. The number of nitrogens with zero attached hydrogens (tertiary/aromatic N) is 1. The molecule has 1 atom stereocenters. The molecule has 0 spiro atoms. The SMILES string of the molecule is COc1cccc(C(O)CNc2nc3ccccc3[nH]2)c1. The standard InChI is InChI=1S/C16H17N3O2/c1-21-12-6-4-5-11(9-12)15(20)10-17-16-18-13-7-2-3-8-14(13)19-16/h2-9,15,20H,10H2,1H3,(H2,17,18,19). The van der Waals surface area contributed by atoms with Gasteiger partial charge in [0.2, 0.25) is 5.95 Å². The lowest BCUT2D eigenvalue weighted by Gasteiger charge is -2.12. The number of hydrogen-bond acceptors (Lipinski definition) is 4. The third kappa shape index (κ3) is 2.98. The van der Waals surface area contributed by atoms with Crippen LogP contribution >= 0.6 is 0 Å². The summed E-state index contributed by atoms with van der Waals surface area (Å²) in [7, 11) is 1.61. The monoisotopic (exact) mass is 283 g/mol. The van der Waals surface area contributed by atoms with Crippen LogP contribution in [0.5, 0.6) is 5.75 Å². The molecule has 0 saturated carbocycles. The first-order valence-electron chi connectivity index (χ1n) is 6.77. The number of aliphatic hydroxyl groups is 1. The van der Waals surface area contributed by atoms with Crippen molar-refractivity contribution < 1.29 is 9.84 Å². The average molecular weight is 283 g/mol. The number of ether oxygens (including phenoxy) is 1. The topological polar surface area (TPSA) is 70.2 Å². The van der Waals surface area contributed by atoms with E-state index in [1.165, 1.54) is 0 Å². The van der Waals surface area contributed by atoms with E-state index in [1.807, 2.05) is 48.5 Å². The molecule has 0 radical (unpaired) electrons. The number of aromatic nitrogens is 2. The molecule has 3 N–H and O–H groups in total. The fourth-order valence-corrected chi connectivity index (χ4v) is 2.20. The van der Waals surface area contributed by atoms with Gasteiger partial charge in [0.25, 0.3) is 0 Å². The summed E-state index contributed by atoms with van der Waals surface area (Å²) in [5.41, 5.74) is 2.67. The van der Waals surface area contributed by atoms with Crippen LogP contribution in [0.15, 0.2) is 48.5 Å². The van der Waals surface area contributed by atoms with Gasteiger partial charge in [0.1, 0.15) is 5.75 Å². The lowest BCUT2D eigenvalue weighted by molar-refractivity contribution is 0.191. The number of hydrogen-bond donors (Lipinski definition) is 3. The van der Waals surface area contributed by atoms with E-state index in [0.717, 1.165) is 22.3 Å². The fourth-order valence-electron chi connectivity index (χ4n) is 2.20. The first kappa shape index (κ1) is 13.5. The second-order valence-electron chi connectivity index (χ2n) is 4.78. The van der Waals surface area contributed by atoms with Crippen molar-refractivity contribution in [1.82, 2.24) is 9.97 Å². The van der Waals surface area contributed by atoms with Gasteiger partial charge >= 0.3 is 0 Å². The summed E-state index contributed by atoms with van der Waals surface area (Å²) >= 11 is 0. The van der Waals surface area contributed by atoms with Crippen LogP contribution in [0.4, 0.5) is 5.95 Å². The molecule has 0 aliphatic rings. The number of rotatable bonds is 5. The summed E-state index contributed by atoms with van der Waals surface area (Å²) in [5.74, 6) is 1.38. The van der Waals surface area contributed by atoms with Gasteiger partial charge in [0.15, 0.2) is 0 Å². The maximum Gasteiger partial charge on any atom is 0.201 e. The minimum Gasteiger partial charge on any atom is -0.497 e. The normalized spacial score (nSPS) is 12.3. The zero-order valence-corrected chi connectivity index (χ0v) is 11.7. The Balaban J connectivity index is 1.68. The van der Waals surface area contributed by atoms with Crippen molar-refractivity contribution in [3.63, 3.8) is 0 Å². The number of para-hydroxylation sites is 2. The highest BCUT2D eigenvalue weighted by Gasteiger charge is 2.09. The van der Waals surface area contributed by atoms with Crippen LogP contribution in [0.25, 0.3) is 11.0 Å². The molecule has 0 aliphatic carbocycles. The number of fused-ring (bicyclic) bond motifs is 1. The first-order valence-corrected chi connectivity index (χ1v) is 6.77. The number of aromatic amines is 1. The zero-order chi connectivity index (χ0) is 14.7. The summed E-state index contributed by atoms with van der Waals surface area (Å²) in [6, 6.07) is 15.2. The number of anilines is 1. The molecule has 5 nitrogen and oxygen atoms in total. The molecule has 1 aromatic heterocycles. The molecule has 1 unspecified atom stereocenters. The van der Waals surface area contributed by atoms with E-state index >= 15 is 0 Å². The summed E-state index contributed by atoms with van der Waals surface area (Å²) in [4.78, 5) is 7.58. The molecule has 0 amide bonds. The van der Waals surface area contributed by atoms with Crippen LogP contribution < -0.4 is 10.1 Å². The zero-order valence-electron chi connectivity index (χ0n) is 11.7. The van der Waals surface area contributed by atoms with Gasteiger partial charge in [-0.3, -0.25) is 0 Å². The van der Waals surface area contributed by atoms with Crippen LogP contribution in [0.2, 0.25) is 0 Å². The van der Waals surface area contributed by atoms with E-state index in [9.17, 15) is 5.11 Å². The first-order chi connectivity index (χ1) is 10.3. The third-order valence-corrected chi connectivity index (χ3v) is 3.33. The van der Waals surface area contributed by atoms with Crippen molar-refractivity contribution in [2.75, 3.05) is 19.0 Å². The summed E-state index contributed by atoms with van der Waals surface area (Å²) in [6.07, 6.45) is -0.631. The Morgan fingerprint density at radius 1 is 1.24 bits per heavy atom. The van der Waals surface area contributed by atoms with Gasteiger partial charge in [0.05, 0.1) is 24.2 Å². The Bertz CT molecular complexity index is 706. The van der Waals surface area contributed by atoms with Gasteiger partial charge in [-0.25, -0.2) is 4.98 Å². The Morgan fingerprint density at radius 3 is 2.90 bits per heavy atom. The minimum atomic E-state index is -0.631. The van der Waals surface area contributed by atoms with Crippen LogP contribution in [-0.2, 0) is 0 Å². The molecule has 0 fully saturated rings. The van der Waals surface area contributed by atoms with E-state index in [4.69, 9.17) is 4.74 Å². The summed E-state index contributed by atoms with van der Waals surface area (Å²) < 4.78 is 5.16. The number of methoxy groups -OCH3 is 1. The fraction of sp³-hybridized carbons (Fsp3) is 0.188. The van der Waals surface area contributed by atoms with Gasteiger partial charge in [-0.05, 0) is 29.8 Å². The molecule has 2 aromatic carbocycles. The van der Waals surface area contributed by atoms with Gasteiger partial charge in [-0.2, -0.15) is 0 Å². The van der Waals surface area contributed by atoms with E-state index in [-0.39, 0.29) is 0 Å². The average Bonchev–Trinajstić information content (AvgIpc) is 2.95. The largest absolute Gasteiger partial charge is 0.497 e. The highest BCUT2D eigenvalue weighted by atomic mass is 16.5. The van der Waals surface area contributed by atoms with Crippen LogP contribution in [-0.4, -0.2) is 28.7 Å². The number of imidazole rings is 1. The second-order valence-corrected chi connectivity index (χ2v) is 4.78. The molecular formula is C16H17N3O2. The maximum absolute atomic E-state index is 10.2. The van der Waals surface area contributed by atoms with Crippen molar-refractivity contribution in [3.05, 3.63) is 54.1 Å². The second kappa shape index (κ2) is 5.85. The molecule has 0 bridgehead atoms. The molecule has 1 heterocycles. The van der Waals surface area contributed by atoms with Gasteiger partial charge in [0, 0.05) is 6.54 Å². The predicted molar refractivity (Wildman–Crippen MR) is 82.5 cm³/mol. The van der Waals surface area contributed by atoms with Crippen LogP contribution in [0, 0.1) is 0 Å².